The molecule has 1 heterocycles. The summed E-state index contributed by atoms with van der Waals surface area (Å²) < 4.78 is 5.50. The normalized spacial score (nSPS) is 14.3. The van der Waals surface area contributed by atoms with Gasteiger partial charge in [-0.25, -0.2) is 4.79 Å². The maximum atomic E-state index is 10.9. The first-order valence-electron chi connectivity index (χ1n) is 10.6. The first-order chi connectivity index (χ1) is 15.6. The molecule has 164 valence electrons. The second-order valence-corrected chi connectivity index (χ2v) is 7.78. The van der Waals surface area contributed by atoms with Gasteiger partial charge in [-0.15, -0.1) is 0 Å². The molecule has 0 spiro atoms. The van der Waals surface area contributed by atoms with Gasteiger partial charge >= 0.3 is 5.97 Å². The molecule has 0 bridgehead atoms. The lowest BCUT2D eigenvalue weighted by atomic mass is 9.88. The molecule has 0 aliphatic heterocycles. The predicted molar refractivity (Wildman–Crippen MR) is 124 cm³/mol. The molecule has 0 amide bonds. The molecule has 1 aliphatic carbocycles. The van der Waals surface area contributed by atoms with Crippen LogP contribution in [-0.4, -0.2) is 28.4 Å². The van der Waals surface area contributed by atoms with E-state index in [1.165, 1.54) is 0 Å². The van der Waals surface area contributed by atoms with E-state index >= 15 is 0 Å². The van der Waals surface area contributed by atoms with Crippen LogP contribution in [0.4, 0.5) is 0 Å². The number of nitrogens with zero attached hydrogens (tertiary/aromatic N) is 1. The van der Waals surface area contributed by atoms with Crippen molar-refractivity contribution in [2.45, 2.75) is 32.3 Å². The number of hydrogen-bond donors (Lipinski definition) is 2. The summed E-state index contributed by atoms with van der Waals surface area (Å²) >= 11 is 0. The monoisotopic (exact) mass is 430 g/mol. The van der Waals surface area contributed by atoms with Crippen LogP contribution in [-0.2, 0) is 16.1 Å². The number of ether oxygens (including phenoxy) is 1. The fourth-order valence-electron chi connectivity index (χ4n) is 3.96. The van der Waals surface area contributed by atoms with Crippen molar-refractivity contribution in [1.82, 2.24) is 4.98 Å². The van der Waals surface area contributed by atoms with Crippen molar-refractivity contribution in [1.29, 1.82) is 0 Å². The number of aliphatic carboxylic acids is 1. The maximum Gasteiger partial charge on any atom is 0.341 e. The Balaban J connectivity index is 1.50. The van der Waals surface area contributed by atoms with Gasteiger partial charge in [0.25, 0.3) is 0 Å². The first kappa shape index (κ1) is 21.4. The van der Waals surface area contributed by atoms with E-state index in [9.17, 15) is 4.79 Å². The molecule has 6 heteroatoms. The number of nitrogens with one attached hydrogen (secondary N) is 1. The standard InChI is InChI=1S/C26H26N2O4/c1-18(28-32-26(21-13-14-27-16-21)19-7-3-2-4-8-19)15-20-9-5-11-23-22(20)10-6-12-24(23)31-17-25(29)30/h2-4,6-10,12-14,16,26-27H,5,11,15,17H2,1H3,(H,29,30). The number of fused-ring (bicyclic) bond motifs is 1. The van der Waals surface area contributed by atoms with Gasteiger partial charge in [-0.05, 0) is 48.6 Å². The zero-order valence-corrected chi connectivity index (χ0v) is 18.0. The van der Waals surface area contributed by atoms with Crippen LogP contribution in [0.2, 0.25) is 0 Å². The lowest BCUT2D eigenvalue weighted by molar-refractivity contribution is -0.139. The fraction of sp³-hybridized carbons (Fsp3) is 0.231. The molecule has 2 N–H and O–H groups in total. The molecular formula is C26H26N2O4. The molecule has 32 heavy (non-hydrogen) atoms. The Morgan fingerprint density at radius 3 is 2.72 bits per heavy atom. The molecule has 0 saturated carbocycles. The highest BCUT2D eigenvalue weighted by Gasteiger charge is 2.19. The molecule has 6 nitrogen and oxygen atoms in total. The van der Waals surface area contributed by atoms with Crippen molar-refractivity contribution < 1.29 is 19.5 Å². The zero-order valence-electron chi connectivity index (χ0n) is 18.0. The molecule has 4 rings (SSSR count). The quantitative estimate of drug-likeness (QED) is 0.353. The molecule has 1 atom stereocenters. The number of aromatic amines is 1. The Kier molecular flexibility index (Phi) is 6.70. The van der Waals surface area contributed by atoms with Gasteiger partial charge in [0.2, 0.25) is 0 Å². The second kappa shape index (κ2) is 10.0. The van der Waals surface area contributed by atoms with Crippen LogP contribution in [0.15, 0.2) is 78.2 Å². The van der Waals surface area contributed by atoms with Gasteiger partial charge in [0.15, 0.2) is 12.7 Å². The Labute approximate surface area is 187 Å². The summed E-state index contributed by atoms with van der Waals surface area (Å²) in [6.07, 6.45) is 8.05. The third-order valence-electron chi connectivity index (χ3n) is 5.40. The van der Waals surface area contributed by atoms with Crippen LogP contribution in [0.5, 0.6) is 5.75 Å². The van der Waals surface area contributed by atoms with Gasteiger partial charge in [0, 0.05) is 29.9 Å². The van der Waals surface area contributed by atoms with E-state index in [2.05, 4.69) is 22.3 Å². The number of carboxylic acid groups (broad SMARTS) is 1. The van der Waals surface area contributed by atoms with Crippen LogP contribution in [0.1, 0.15) is 48.1 Å². The molecule has 3 aromatic rings. The summed E-state index contributed by atoms with van der Waals surface area (Å²) in [5.74, 6) is -0.345. The number of rotatable bonds is 9. The van der Waals surface area contributed by atoms with Crippen molar-refractivity contribution in [3.8, 4) is 5.75 Å². The number of aromatic nitrogens is 1. The average Bonchev–Trinajstić information content (AvgIpc) is 3.33. The van der Waals surface area contributed by atoms with Gasteiger partial charge in [-0.2, -0.15) is 0 Å². The van der Waals surface area contributed by atoms with E-state index in [4.69, 9.17) is 14.7 Å². The third-order valence-corrected chi connectivity index (χ3v) is 5.40. The molecule has 2 aromatic carbocycles. The molecule has 0 radical (unpaired) electrons. The van der Waals surface area contributed by atoms with Gasteiger partial charge in [0.1, 0.15) is 5.75 Å². The summed E-state index contributed by atoms with van der Waals surface area (Å²) in [6, 6.07) is 17.8. The highest BCUT2D eigenvalue weighted by atomic mass is 16.6. The number of H-pyrrole nitrogens is 1. The van der Waals surface area contributed by atoms with E-state index < -0.39 is 5.97 Å². The molecule has 0 saturated heterocycles. The van der Waals surface area contributed by atoms with Crippen molar-refractivity contribution >= 4 is 17.3 Å². The Hall–Kier alpha value is -3.80. The number of benzene rings is 2. The minimum absolute atomic E-state index is 0.291. The topological polar surface area (TPSA) is 83.9 Å². The van der Waals surface area contributed by atoms with E-state index in [1.54, 1.807) is 0 Å². The third kappa shape index (κ3) is 5.09. The van der Waals surface area contributed by atoms with Crippen molar-refractivity contribution in [3.05, 3.63) is 95.3 Å². The van der Waals surface area contributed by atoms with Crippen molar-refractivity contribution in [3.63, 3.8) is 0 Å². The summed E-state index contributed by atoms with van der Waals surface area (Å²) in [5.41, 5.74) is 6.18. The van der Waals surface area contributed by atoms with Crippen molar-refractivity contribution in [2.24, 2.45) is 5.16 Å². The van der Waals surface area contributed by atoms with E-state index in [-0.39, 0.29) is 12.7 Å². The van der Waals surface area contributed by atoms with Crippen LogP contribution in [0.25, 0.3) is 5.57 Å². The predicted octanol–water partition coefficient (Wildman–Crippen LogP) is 5.38. The Morgan fingerprint density at radius 1 is 1.12 bits per heavy atom. The van der Waals surface area contributed by atoms with Crippen LogP contribution in [0.3, 0.4) is 0 Å². The molecule has 1 aliphatic rings. The number of carboxylic acids is 1. The average molecular weight is 431 g/mol. The van der Waals surface area contributed by atoms with Gasteiger partial charge < -0.3 is 19.7 Å². The molecule has 1 unspecified atom stereocenters. The molecule has 1 aromatic heterocycles. The van der Waals surface area contributed by atoms with E-state index in [1.807, 2.05) is 67.8 Å². The van der Waals surface area contributed by atoms with Crippen LogP contribution >= 0.6 is 0 Å². The van der Waals surface area contributed by atoms with Gasteiger partial charge in [-0.3, -0.25) is 0 Å². The maximum absolute atomic E-state index is 10.9. The zero-order chi connectivity index (χ0) is 22.3. The number of oxime groups is 1. The highest BCUT2D eigenvalue weighted by molar-refractivity contribution is 5.93. The summed E-state index contributed by atoms with van der Waals surface area (Å²) in [7, 11) is 0. The minimum Gasteiger partial charge on any atom is -0.482 e. The largest absolute Gasteiger partial charge is 0.482 e. The summed E-state index contributed by atoms with van der Waals surface area (Å²) in [5, 5.41) is 13.4. The number of carbonyl (C=O) groups is 1. The Bertz CT molecular complexity index is 1120. The Morgan fingerprint density at radius 2 is 1.97 bits per heavy atom. The van der Waals surface area contributed by atoms with Gasteiger partial charge in [0.05, 0.1) is 5.71 Å². The second-order valence-electron chi connectivity index (χ2n) is 7.78. The van der Waals surface area contributed by atoms with E-state index in [0.29, 0.717) is 12.2 Å². The molecule has 0 fully saturated rings. The summed E-state index contributed by atoms with van der Waals surface area (Å²) in [6.45, 7) is 1.61. The van der Waals surface area contributed by atoms with E-state index in [0.717, 1.165) is 46.4 Å². The summed E-state index contributed by atoms with van der Waals surface area (Å²) in [4.78, 5) is 20.0. The minimum atomic E-state index is -0.982. The fourth-order valence-corrected chi connectivity index (χ4v) is 3.96. The number of allylic oxidation sites excluding steroid dienone is 2. The lowest BCUT2D eigenvalue weighted by Crippen LogP contribution is -2.12. The first-order valence-corrected chi connectivity index (χ1v) is 10.6. The number of hydrogen-bond acceptors (Lipinski definition) is 4. The van der Waals surface area contributed by atoms with Crippen LogP contribution in [0, 0.1) is 0 Å². The van der Waals surface area contributed by atoms with Gasteiger partial charge in [-0.1, -0.05) is 53.7 Å². The smallest absolute Gasteiger partial charge is 0.341 e. The molecular weight excluding hydrogens is 404 g/mol. The SMILES string of the molecule is CC(CC1=CCCc2c(OCC(=O)O)cccc21)=NOC(c1ccccc1)c1cc[nH]c1. The highest BCUT2D eigenvalue weighted by Crippen LogP contribution is 2.35. The van der Waals surface area contributed by atoms with Crippen LogP contribution < -0.4 is 4.74 Å². The van der Waals surface area contributed by atoms with Crippen molar-refractivity contribution in [2.75, 3.05) is 6.61 Å². The lowest BCUT2D eigenvalue weighted by Gasteiger charge is -2.21.